The maximum atomic E-state index is 13.0. The smallest absolute Gasteiger partial charge is 0.316 e. The largest absolute Gasteiger partial charge is 0.465 e. The van der Waals surface area contributed by atoms with Gasteiger partial charge >= 0.3 is 5.97 Å². The van der Waals surface area contributed by atoms with E-state index in [1.54, 1.807) is 6.20 Å². The van der Waals surface area contributed by atoms with Crippen LogP contribution in [0.3, 0.4) is 0 Å². The number of allylic oxidation sites excluding steroid dienone is 2. The van der Waals surface area contributed by atoms with E-state index in [0.29, 0.717) is 13.0 Å². The number of hydrogen-bond donors (Lipinski definition) is 0. The molecule has 2 heterocycles. The average molecular weight is 416 g/mol. The summed E-state index contributed by atoms with van der Waals surface area (Å²) in [5.74, 6) is -0.114. The van der Waals surface area contributed by atoms with Gasteiger partial charge in [0.15, 0.2) is 0 Å². The van der Waals surface area contributed by atoms with Crippen LogP contribution < -0.4 is 0 Å². The van der Waals surface area contributed by atoms with Gasteiger partial charge in [0.25, 0.3) is 0 Å². The van der Waals surface area contributed by atoms with Crippen LogP contribution >= 0.6 is 0 Å². The van der Waals surface area contributed by atoms with Gasteiger partial charge in [0, 0.05) is 25.0 Å². The Morgan fingerprint density at radius 3 is 2.45 bits per heavy atom. The fraction of sp³-hybridized carbons (Fsp3) is 0.423. The molecule has 0 amide bonds. The van der Waals surface area contributed by atoms with Crippen LogP contribution in [-0.2, 0) is 20.4 Å². The zero-order valence-electron chi connectivity index (χ0n) is 18.1. The van der Waals surface area contributed by atoms with Gasteiger partial charge in [-0.15, -0.1) is 0 Å². The molecule has 1 aliphatic heterocycles. The molecule has 5 heteroatoms. The Bertz CT molecular complexity index is 973. The SMILES string of the molecule is CCOC(=O)C1(c2ccccc2)CCN(C2=CCC(C#N)(c3ccccn3)CC2)CC1. The third kappa shape index (κ3) is 3.95. The van der Waals surface area contributed by atoms with E-state index in [2.05, 4.69) is 22.0 Å². The first-order valence-electron chi connectivity index (χ1n) is 11.1. The molecule has 1 saturated heterocycles. The molecule has 31 heavy (non-hydrogen) atoms. The monoisotopic (exact) mass is 415 g/mol. The van der Waals surface area contributed by atoms with Crippen LogP contribution in [-0.4, -0.2) is 35.5 Å². The van der Waals surface area contributed by atoms with Gasteiger partial charge in [-0.25, -0.2) is 0 Å². The molecule has 1 unspecified atom stereocenters. The number of nitrogens with zero attached hydrogens (tertiary/aromatic N) is 3. The summed E-state index contributed by atoms with van der Waals surface area (Å²) in [6.45, 7) is 3.87. The lowest BCUT2D eigenvalue weighted by atomic mass is 9.71. The molecule has 5 nitrogen and oxygen atoms in total. The van der Waals surface area contributed by atoms with Crippen molar-refractivity contribution >= 4 is 5.97 Å². The van der Waals surface area contributed by atoms with E-state index in [0.717, 1.165) is 50.0 Å². The highest BCUT2D eigenvalue weighted by molar-refractivity contribution is 5.83. The number of carbonyl (C=O) groups excluding carboxylic acids is 1. The van der Waals surface area contributed by atoms with Crippen LogP contribution in [0.5, 0.6) is 0 Å². The Morgan fingerprint density at radius 1 is 1.13 bits per heavy atom. The average Bonchev–Trinajstić information content (AvgIpc) is 2.85. The number of piperidine rings is 1. The van der Waals surface area contributed by atoms with Crippen molar-refractivity contribution in [1.82, 2.24) is 9.88 Å². The van der Waals surface area contributed by atoms with Crippen LogP contribution in [0.1, 0.15) is 50.3 Å². The Kier molecular flexibility index (Phi) is 6.08. The number of likely N-dealkylation sites (tertiary alicyclic amines) is 1. The topological polar surface area (TPSA) is 66.2 Å². The maximum Gasteiger partial charge on any atom is 0.316 e. The third-order valence-corrected chi connectivity index (χ3v) is 6.88. The first-order chi connectivity index (χ1) is 15.1. The molecule has 0 spiro atoms. The standard InChI is InChI=1S/C26H29N3O2/c1-2-31-24(30)26(21-8-4-3-5-9-21)15-18-29(19-16-26)22-11-13-25(20-27,14-12-22)23-10-6-7-17-28-23/h3-11,17H,2,12-16,18-19H2,1H3. The van der Waals surface area contributed by atoms with Crippen LogP contribution in [0.15, 0.2) is 66.5 Å². The molecule has 2 aromatic rings. The summed E-state index contributed by atoms with van der Waals surface area (Å²) in [5, 5.41) is 9.91. The number of pyridine rings is 1. The Hall–Kier alpha value is -3.13. The Labute approximate surface area is 184 Å². The summed E-state index contributed by atoms with van der Waals surface area (Å²) in [6.07, 6.45) is 7.73. The Balaban J connectivity index is 1.50. The molecule has 1 aromatic carbocycles. The maximum absolute atomic E-state index is 13.0. The van der Waals surface area contributed by atoms with Gasteiger partial charge in [-0.3, -0.25) is 9.78 Å². The number of esters is 1. The van der Waals surface area contributed by atoms with E-state index in [4.69, 9.17) is 4.74 Å². The molecule has 2 aliphatic rings. The van der Waals surface area contributed by atoms with Gasteiger partial charge in [-0.2, -0.15) is 5.26 Å². The van der Waals surface area contributed by atoms with Gasteiger partial charge in [-0.05, 0) is 56.7 Å². The molecule has 0 radical (unpaired) electrons. The number of aromatic nitrogens is 1. The molecule has 4 rings (SSSR count). The molecule has 0 N–H and O–H groups in total. The molecule has 1 aromatic heterocycles. The molecule has 0 saturated carbocycles. The molecular formula is C26H29N3O2. The molecule has 160 valence electrons. The van der Waals surface area contributed by atoms with E-state index in [1.165, 1.54) is 5.70 Å². The summed E-state index contributed by atoms with van der Waals surface area (Å²) in [6, 6.07) is 18.4. The first kappa shape index (κ1) is 21.1. The quantitative estimate of drug-likeness (QED) is 0.673. The highest BCUT2D eigenvalue weighted by Crippen LogP contribution is 2.42. The zero-order chi connectivity index (χ0) is 21.7. The lowest BCUT2D eigenvalue weighted by molar-refractivity contribution is -0.152. The highest BCUT2D eigenvalue weighted by atomic mass is 16.5. The van der Waals surface area contributed by atoms with Crippen molar-refractivity contribution < 1.29 is 9.53 Å². The predicted molar refractivity (Wildman–Crippen MR) is 119 cm³/mol. The van der Waals surface area contributed by atoms with Crippen molar-refractivity contribution in [1.29, 1.82) is 5.26 Å². The van der Waals surface area contributed by atoms with E-state index in [9.17, 15) is 10.1 Å². The van der Waals surface area contributed by atoms with E-state index < -0.39 is 10.8 Å². The first-order valence-corrected chi connectivity index (χ1v) is 11.1. The molecule has 0 bridgehead atoms. The van der Waals surface area contributed by atoms with Crippen LogP contribution in [0.25, 0.3) is 0 Å². The lowest BCUT2D eigenvalue weighted by Gasteiger charge is -2.43. The number of nitriles is 1. The minimum atomic E-state index is -0.576. The summed E-state index contributed by atoms with van der Waals surface area (Å²) in [5.41, 5.74) is 2.07. The summed E-state index contributed by atoms with van der Waals surface area (Å²) < 4.78 is 5.50. The second kappa shape index (κ2) is 8.93. The number of benzene rings is 1. The number of carbonyl (C=O) groups is 1. The fourth-order valence-electron chi connectivity index (χ4n) is 4.97. The highest BCUT2D eigenvalue weighted by Gasteiger charge is 2.45. The zero-order valence-corrected chi connectivity index (χ0v) is 18.1. The van der Waals surface area contributed by atoms with Gasteiger partial charge in [0.2, 0.25) is 0 Å². The van der Waals surface area contributed by atoms with Crippen molar-refractivity contribution in [3.63, 3.8) is 0 Å². The van der Waals surface area contributed by atoms with Gasteiger partial charge in [0.1, 0.15) is 5.41 Å². The summed E-state index contributed by atoms with van der Waals surface area (Å²) in [7, 11) is 0. The third-order valence-electron chi connectivity index (χ3n) is 6.88. The van der Waals surface area contributed by atoms with Gasteiger partial charge in [-0.1, -0.05) is 42.5 Å². The minimum absolute atomic E-state index is 0.114. The van der Waals surface area contributed by atoms with Crippen LogP contribution in [0, 0.1) is 11.3 Å². The van der Waals surface area contributed by atoms with Gasteiger partial charge in [0.05, 0.1) is 23.8 Å². The van der Waals surface area contributed by atoms with Crippen molar-refractivity contribution in [2.24, 2.45) is 0 Å². The second-order valence-corrected chi connectivity index (χ2v) is 8.46. The number of hydrogen-bond acceptors (Lipinski definition) is 5. The van der Waals surface area contributed by atoms with Crippen LogP contribution in [0.4, 0.5) is 0 Å². The van der Waals surface area contributed by atoms with Gasteiger partial charge < -0.3 is 9.64 Å². The second-order valence-electron chi connectivity index (χ2n) is 8.46. The number of rotatable bonds is 5. The lowest BCUT2D eigenvalue weighted by Crippen LogP contribution is -2.48. The van der Waals surface area contributed by atoms with Crippen molar-refractivity contribution in [2.45, 2.75) is 49.9 Å². The Morgan fingerprint density at radius 2 is 1.87 bits per heavy atom. The molecule has 1 atom stereocenters. The van der Waals surface area contributed by atoms with E-state index in [-0.39, 0.29) is 5.97 Å². The normalized spacial score (nSPS) is 22.8. The van der Waals surface area contributed by atoms with E-state index in [1.807, 2.05) is 55.5 Å². The molecule has 1 fully saturated rings. The minimum Gasteiger partial charge on any atom is -0.465 e. The summed E-state index contributed by atoms with van der Waals surface area (Å²) in [4.78, 5) is 19.8. The van der Waals surface area contributed by atoms with Crippen molar-refractivity contribution in [3.05, 3.63) is 77.8 Å². The predicted octanol–water partition coefficient (Wildman–Crippen LogP) is 4.51. The summed E-state index contributed by atoms with van der Waals surface area (Å²) >= 11 is 0. The van der Waals surface area contributed by atoms with Crippen molar-refractivity contribution in [2.75, 3.05) is 19.7 Å². The molecule has 1 aliphatic carbocycles. The van der Waals surface area contributed by atoms with Crippen molar-refractivity contribution in [3.8, 4) is 6.07 Å². The number of ether oxygens (including phenoxy) is 1. The molecular weight excluding hydrogens is 386 g/mol. The van der Waals surface area contributed by atoms with Crippen LogP contribution in [0.2, 0.25) is 0 Å². The van der Waals surface area contributed by atoms with E-state index >= 15 is 0 Å². The fourth-order valence-corrected chi connectivity index (χ4v) is 4.97.